The fraction of sp³-hybridized carbons (Fsp3) is 0.600. The van der Waals surface area contributed by atoms with Gasteiger partial charge in [-0.05, 0) is 0 Å². The molecule has 0 bridgehead atoms. The van der Waals surface area contributed by atoms with E-state index < -0.39 is 0 Å². The third kappa shape index (κ3) is 25.2. The Hall–Kier alpha value is 2.41. The second-order valence-electron chi connectivity index (χ2n) is 1.12. The quantitative estimate of drug-likeness (QED) is 0.202. The van der Waals surface area contributed by atoms with Crippen molar-refractivity contribution in [1.29, 1.82) is 0 Å². The van der Waals surface area contributed by atoms with E-state index >= 15 is 0 Å². The topological polar surface area (TPSA) is 0 Å². The average molecular weight is 598 g/mol. The predicted molar refractivity (Wildman–Crippen MR) is 59.3 cm³/mol. The molecule has 0 saturated carbocycles. The molecule has 0 N–H and O–H groups in total. The number of halogens is 2. The Balaban J connectivity index is 0. The summed E-state index contributed by atoms with van der Waals surface area (Å²) in [5, 5.41) is 1.36. The van der Waals surface area contributed by atoms with Crippen LogP contribution < -0.4 is 0 Å². The maximum absolute atomic E-state index is 3.61. The van der Waals surface area contributed by atoms with Crippen molar-refractivity contribution in [2.45, 2.75) is 17.6 Å². The predicted octanol–water partition coefficient (Wildman–Crippen LogP) is 3.50. The number of hydrogen-bond acceptors (Lipinski definition) is 0. The van der Waals surface area contributed by atoms with Crippen LogP contribution in [0.3, 0.4) is 0 Å². The molecular weight excluding hydrogens is 588 g/mol. The Bertz CT molecular complexity index is 52.2. The molecule has 0 saturated heterocycles. The van der Waals surface area contributed by atoms with Gasteiger partial charge in [-0.3, -0.25) is 0 Å². The zero-order chi connectivity index (χ0) is 7.54. The summed E-state index contributed by atoms with van der Waals surface area (Å²) in [4.78, 5) is 0. The molecule has 60 valence electrons. The first-order chi connectivity index (χ1) is 4.33. The van der Waals surface area contributed by atoms with E-state index in [1.807, 2.05) is 6.08 Å². The van der Waals surface area contributed by atoms with Crippen molar-refractivity contribution in [2.24, 2.45) is 0 Å². The Morgan fingerprint density at radius 1 is 1.67 bits per heavy atom. The normalized spacial score (nSPS) is 7.89. The van der Waals surface area contributed by atoms with E-state index in [4.69, 9.17) is 0 Å². The summed E-state index contributed by atoms with van der Waals surface area (Å²) >= 11 is 6.15. The Morgan fingerprint density at radius 3 is 2.22 bits per heavy atom. The molecule has 0 spiro atoms. The van der Waals surface area contributed by atoms with Gasteiger partial charge in [-0.2, -0.15) is 0 Å². The van der Waals surface area contributed by atoms with Gasteiger partial charge in [-0.1, -0.05) is 0 Å². The zero-order valence-electron chi connectivity index (χ0n) is 5.18. The van der Waals surface area contributed by atoms with Crippen LogP contribution in [0.5, 0.6) is 0 Å². The molecular formula is C5H10I2PtSe. The van der Waals surface area contributed by atoms with Crippen molar-refractivity contribution in [1.82, 2.24) is 0 Å². The van der Waals surface area contributed by atoms with E-state index in [0.717, 1.165) is 15.0 Å². The van der Waals surface area contributed by atoms with Gasteiger partial charge >= 0.3 is 95.1 Å². The van der Waals surface area contributed by atoms with Crippen molar-refractivity contribution in [3.05, 3.63) is 12.7 Å². The summed E-state index contributed by atoms with van der Waals surface area (Å²) in [6.07, 6.45) is 3.18. The molecule has 0 nitrogen and oxygen atoms in total. The number of hydrogen-bond donors (Lipinski definition) is 0. The molecule has 0 heterocycles. The summed E-state index contributed by atoms with van der Waals surface area (Å²) in [6.45, 7) is 3.61. The van der Waals surface area contributed by atoms with E-state index in [0.29, 0.717) is 11.2 Å². The molecule has 0 fully saturated rings. The van der Waals surface area contributed by atoms with Gasteiger partial charge in [-0.15, -0.1) is 0 Å². The molecule has 4 heteroatoms. The van der Waals surface area contributed by atoms with Gasteiger partial charge in [-0.25, -0.2) is 0 Å². The standard InChI is InChI=1S/C5H10Se.2HI.Pt/c1-3-4-5-6-2;;;/h3H,1,4-5H2,2H3;2*1H;/q;;;+2/p-2. The minimum atomic E-state index is 0.523. The van der Waals surface area contributed by atoms with Gasteiger partial charge in [0.1, 0.15) is 0 Å². The monoisotopic (exact) mass is 599 g/mol. The minimum absolute atomic E-state index is 0.523. The summed E-state index contributed by atoms with van der Waals surface area (Å²) in [7, 11) is 0. The SMILES string of the molecule is C=CCC[Se]C.[I][Pt][I]. The van der Waals surface area contributed by atoms with Crippen LogP contribution in [0, 0.1) is 0 Å². The van der Waals surface area contributed by atoms with Crippen LogP contribution in [0.1, 0.15) is 6.42 Å². The molecule has 9 heavy (non-hydrogen) atoms. The summed E-state index contributed by atoms with van der Waals surface area (Å²) in [5.74, 6) is 2.25. The first kappa shape index (κ1) is 14.0. The summed E-state index contributed by atoms with van der Waals surface area (Å²) in [6, 6.07) is 0. The van der Waals surface area contributed by atoms with E-state index in [1.54, 1.807) is 0 Å². The third-order valence-electron chi connectivity index (χ3n) is 0.526. The first-order valence-electron chi connectivity index (χ1n) is 2.25. The van der Waals surface area contributed by atoms with Crippen LogP contribution in [0.15, 0.2) is 12.7 Å². The second-order valence-corrected chi connectivity index (χ2v) is 19.8. The average Bonchev–Trinajstić information content (AvgIpc) is 1.86. The fourth-order valence-corrected chi connectivity index (χ4v) is 1.05. The molecule has 0 aliphatic rings. The van der Waals surface area contributed by atoms with Gasteiger partial charge in [0.15, 0.2) is 0 Å². The molecule has 0 radical (unpaired) electrons. The molecule has 0 atom stereocenters. The van der Waals surface area contributed by atoms with Gasteiger partial charge in [0.2, 0.25) is 0 Å². The maximum atomic E-state index is 3.61. The van der Waals surface area contributed by atoms with Crippen molar-refractivity contribution in [2.75, 3.05) is 0 Å². The molecule has 0 unspecified atom stereocenters. The Kier molecular flexibility index (Phi) is 26.0. The molecule has 0 aliphatic carbocycles. The van der Waals surface area contributed by atoms with Crippen LogP contribution in [0.4, 0.5) is 0 Å². The second kappa shape index (κ2) is 16.8. The molecule has 0 aromatic rings. The van der Waals surface area contributed by atoms with Gasteiger partial charge in [0, 0.05) is 0 Å². The van der Waals surface area contributed by atoms with Crippen LogP contribution in [-0.2, 0) is 11.2 Å². The Morgan fingerprint density at radius 2 is 2.11 bits per heavy atom. The first-order valence-corrected chi connectivity index (χ1v) is 18.1. The van der Waals surface area contributed by atoms with E-state index in [-0.39, 0.29) is 0 Å². The van der Waals surface area contributed by atoms with Gasteiger partial charge in [0.05, 0.1) is 0 Å². The molecule has 0 aliphatic heterocycles. The van der Waals surface area contributed by atoms with Gasteiger partial charge < -0.3 is 0 Å². The van der Waals surface area contributed by atoms with Crippen LogP contribution >= 0.6 is 38.7 Å². The van der Waals surface area contributed by atoms with E-state index in [9.17, 15) is 0 Å². The van der Waals surface area contributed by atoms with Crippen molar-refractivity contribution in [3.8, 4) is 0 Å². The van der Waals surface area contributed by atoms with Gasteiger partial charge in [0.25, 0.3) is 0 Å². The molecule has 0 amide bonds. The number of rotatable bonds is 3. The Labute approximate surface area is 93.4 Å². The number of allylic oxidation sites excluding steroid dienone is 1. The van der Waals surface area contributed by atoms with E-state index in [2.05, 4.69) is 51.1 Å². The molecule has 0 aromatic carbocycles. The summed E-state index contributed by atoms with van der Waals surface area (Å²) < 4.78 is 0. The van der Waals surface area contributed by atoms with E-state index in [1.165, 1.54) is 11.7 Å². The van der Waals surface area contributed by atoms with Crippen LogP contribution in [0.2, 0.25) is 11.1 Å². The van der Waals surface area contributed by atoms with Crippen molar-refractivity contribution >= 4 is 53.7 Å². The third-order valence-corrected chi connectivity index (χ3v) is 1.88. The summed E-state index contributed by atoms with van der Waals surface area (Å²) in [5.41, 5.74) is 0. The molecule has 0 rings (SSSR count). The molecule has 0 aromatic heterocycles. The van der Waals surface area contributed by atoms with Crippen molar-refractivity contribution in [3.63, 3.8) is 0 Å². The van der Waals surface area contributed by atoms with Crippen LogP contribution in [-0.4, -0.2) is 15.0 Å². The zero-order valence-corrected chi connectivity index (χ0v) is 13.5. The van der Waals surface area contributed by atoms with Crippen molar-refractivity contribution < 1.29 is 11.2 Å². The van der Waals surface area contributed by atoms with Crippen LogP contribution in [0.25, 0.3) is 0 Å². The fourth-order valence-electron chi connectivity index (χ4n) is 0.201.